The lowest BCUT2D eigenvalue weighted by molar-refractivity contribution is -0.661. The van der Waals surface area contributed by atoms with E-state index in [4.69, 9.17) is 21.9 Å². The number of hydrogen-bond acceptors (Lipinski definition) is 0. The van der Waals surface area contributed by atoms with E-state index in [0.29, 0.717) is 22.3 Å². The molecular weight excluding hydrogens is 1240 g/mol. The van der Waals surface area contributed by atoms with Crippen molar-refractivity contribution < 1.29 is 49.3 Å². The first-order valence-corrected chi connectivity index (χ1v) is 35.1. The highest BCUT2D eigenvalue weighted by Crippen LogP contribution is 2.28. The van der Waals surface area contributed by atoms with Crippen molar-refractivity contribution in [1.82, 2.24) is 0 Å². The predicted molar refractivity (Wildman–Crippen MR) is 431 cm³/mol. The smallest absolute Gasteiger partial charge is 0.201 e. The fourth-order valence-corrected chi connectivity index (χ4v) is 11.9. The molecule has 102 heavy (non-hydrogen) atoms. The normalized spacial score (nSPS) is 15.0. The predicted octanol–water partition coefficient (Wildman–Crippen LogP) is 20.7. The van der Waals surface area contributed by atoms with Crippen molar-refractivity contribution in [3.05, 3.63) is 322 Å². The van der Waals surface area contributed by atoms with Crippen LogP contribution < -0.4 is 27.4 Å². The summed E-state index contributed by atoms with van der Waals surface area (Å²) < 4.78 is 138. The van der Waals surface area contributed by atoms with Crippen molar-refractivity contribution >= 4 is 0 Å². The average Bonchev–Trinajstić information content (AvgIpc) is 0.783. The number of hydrogen-bond donors (Lipinski definition) is 0. The molecule has 2 unspecified atom stereocenters. The second kappa shape index (κ2) is 38.9. The lowest BCUT2D eigenvalue weighted by Crippen LogP contribution is -2.31. The van der Waals surface area contributed by atoms with Crippen LogP contribution in [0.25, 0.3) is 67.5 Å². The maximum Gasteiger partial charge on any atom is 0.212 e. The van der Waals surface area contributed by atoms with Gasteiger partial charge in [-0.1, -0.05) is 178 Å². The average molecular weight is 1370 g/mol. The van der Waals surface area contributed by atoms with E-state index in [1.807, 2.05) is 300 Å². The van der Waals surface area contributed by atoms with Crippen LogP contribution in [-0.4, -0.2) is 0 Å². The molecule has 6 nitrogen and oxygen atoms in total. The zero-order valence-corrected chi connectivity index (χ0v) is 64.1. The molecule has 0 aliphatic rings. The summed E-state index contributed by atoms with van der Waals surface area (Å²) >= 11 is 0. The maximum absolute atomic E-state index is 8.26. The van der Waals surface area contributed by atoms with Gasteiger partial charge < -0.3 is 0 Å². The third-order valence-electron chi connectivity index (χ3n) is 17.7. The Hall–Kier alpha value is -9.78. The molecule has 0 fully saturated rings. The van der Waals surface area contributed by atoms with Crippen LogP contribution in [0.2, 0.25) is 0 Å². The molecule has 6 aromatic heterocycles. The molecule has 0 bridgehead atoms. The van der Waals surface area contributed by atoms with Gasteiger partial charge in [0.1, 0.15) is 42.3 Å². The van der Waals surface area contributed by atoms with Gasteiger partial charge in [-0.15, -0.1) is 0 Å². The summed E-state index contributed by atoms with van der Waals surface area (Å²) in [5.41, 5.74) is 24.0. The van der Waals surface area contributed by atoms with Crippen molar-refractivity contribution in [2.45, 2.75) is 148 Å². The number of aryl methyl sites for hydroxylation is 14. The van der Waals surface area contributed by atoms with Crippen molar-refractivity contribution in [3.63, 3.8) is 0 Å². The third kappa shape index (κ3) is 22.6. The molecule has 0 aliphatic carbocycles. The van der Waals surface area contributed by atoms with Gasteiger partial charge in [0.25, 0.3) is 0 Å². The molecule has 12 rings (SSSR count). The molecule has 0 saturated carbocycles. The Balaban J connectivity index is 0.000000196. The lowest BCUT2D eigenvalue weighted by atomic mass is 9.99. The van der Waals surface area contributed by atoms with E-state index >= 15 is 0 Å². The van der Waals surface area contributed by atoms with E-state index in [0.717, 1.165) is 78.7 Å². The minimum Gasteiger partial charge on any atom is -0.201 e. The zero-order chi connectivity index (χ0) is 88.2. The Bertz CT molecular complexity index is 5420. The molecule has 2 atom stereocenters. The van der Waals surface area contributed by atoms with Gasteiger partial charge in [0.05, 0.1) is 0 Å². The molecule has 6 heteroatoms. The molecule has 0 radical (unpaired) electrons. The van der Waals surface area contributed by atoms with Crippen LogP contribution in [0.3, 0.4) is 0 Å². The lowest BCUT2D eigenvalue weighted by Gasteiger charge is -2.08. The van der Waals surface area contributed by atoms with Crippen molar-refractivity contribution in [2.75, 3.05) is 0 Å². The Morgan fingerprint density at radius 1 is 0.294 bits per heavy atom. The Morgan fingerprint density at radius 3 is 0.941 bits per heavy atom. The standard InChI is InChI=1S/2C17H22N.2C16H20N.2C15H18N/c1-13(2)11-15-9-10-18(4)17(12-15)16-8-6-5-7-14(16)3;1-13(2)11-15-9-10-17(18(4)12-15)16-8-6-5-7-14(16)3;1-12(2)14-9-10-17(4)16(11-14)15-8-6-5-7-13(15)3;1-12(2)14-9-10-16(17(4)11-14)15-8-6-5-7-13(15)3;1-4-13-9-10-16(3)15(11-13)14-8-6-5-7-12(14)2;1-4-13-9-10-15(16(3)11-13)14-8-6-5-7-12(14)2/h2*5-10,12-13H,11H2,1-4H3;2*5-12H,1-4H3;2*5-11H,4H2,1-3H3/q6*+1/i2*11D2;2*1D3,12D;2*4D2. The summed E-state index contributed by atoms with van der Waals surface area (Å²) in [6.45, 7) is 21.4. The summed E-state index contributed by atoms with van der Waals surface area (Å²) in [7, 11) is 11.7. The van der Waals surface area contributed by atoms with Crippen molar-refractivity contribution in [3.8, 4) is 67.5 Å². The van der Waals surface area contributed by atoms with Gasteiger partial charge in [0.15, 0.2) is 37.2 Å². The van der Waals surface area contributed by atoms with E-state index in [9.17, 15) is 0 Å². The number of pyridine rings is 6. The fourth-order valence-electron chi connectivity index (χ4n) is 11.9. The highest BCUT2D eigenvalue weighted by molar-refractivity contribution is 5.65. The van der Waals surface area contributed by atoms with Crippen LogP contribution in [0, 0.1) is 53.4 Å². The minimum atomic E-state index is -2.37. The van der Waals surface area contributed by atoms with Crippen LogP contribution >= 0.6 is 0 Å². The molecular formula is C96H120N6+6. The Kier molecular flexibility index (Phi) is 22.4. The SMILES string of the molecule is [2H]C([2H])(C)c1cc[n+](C)c(-c2ccccc2C)c1.[2H]C([2H])(C)c1ccc(-c2ccccc2C)[n+](C)c1.[2H]C([2H])([2H])C([2H])(C)c1cc[n+](C)c(-c2ccccc2C)c1.[2H]C([2H])([2H])C([2H])(C)c1ccc(-c2ccccc2C)[n+](C)c1.[2H]C([2H])(c1cc[n+](C)c(-c2ccccc2C)c1)C(C)C.[2H]C([2H])(c1ccc(-c2ccccc2C)[n+](C)c1)C(C)C. The minimum absolute atomic E-state index is 0.0492. The van der Waals surface area contributed by atoms with Gasteiger partial charge in [0, 0.05) is 127 Å². The molecule has 0 saturated heterocycles. The monoisotopic (exact) mass is 1370 g/mol. The summed E-state index contributed by atoms with van der Waals surface area (Å²) in [5, 5.41) is 0. The Morgan fingerprint density at radius 2 is 0.588 bits per heavy atom. The summed E-state index contributed by atoms with van der Waals surface area (Å²) in [5.74, 6) is -3.35. The highest BCUT2D eigenvalue weighted by Gasteiger charge is 2.19. The molecule has 0 spiro atoms. The van der Waals surface area contributed by atoms with Crippen LogP contribution in [0.4, 0.5) is 0 Å². The van der Waals surface area contributed by atoms with Crippen molar-refractivity contribution in [1.29, 1.82) is 0 Å². The third-order valence-corrected chi connectivity index (χ3v) is 17.7. The second-order valence-electron chi connectivity index (χ2n) is 26.7. The van der Waals surface area contributed by atoms with E-state index in [2.05, 4.69) is 76.2 Å². The van der Waals surface area contributed by atoms with Gasteiger partial charge in [-0.05, 0) is 195 Å². The summed E-state index contributed by atoms with van der Waals surface area (Å²) in [4.78, 5) is 0. The van der Waals surface area contributed by atoms with Crippen LogP contribution in [-0.2, 0) is 67.8 Å². The van der Waals surface area contributed by atoms with Gasteiger partial charge in [-0.2, -0.15) is 0 Å². The number of nitrogens with zero attached hydrogens (tertiary/aromatic N) is 6. The van der Waals surface area contributed by atoms with Gasteiger partial charge in [-0.25, -0.2) is 27.4 Å². The first-order chi connectivity index (χ1) is 54.7. The second-order valence-corrected chi connectivity index (χ2v) is 26.7. The first kappa shape index (κ1) is 58.8. The largest absolute Gasteiger partial charge is 0.212 e. The molecule has 528 valence electrons. The van der Waals surface area contributed by atoms with Gasteiger partial charge in [0.2, 0.25) is 34.2 Å². The molecule has 12 aromatic rings. The maximum atomic E-state index is 8.26. The van der Waals surface area contributed by atoms with E-state index in [1.54, 1.807) is 32.2 Å². The fraction of sp³-hybridized carbons (Fsp3) is 0.312. The van der Waals surface area contributed by atoms with E-state index < -0.39 is 51.0 Å². The van der Waals surface area contributed by atoms with E-state index in [1.165, 1.54) is 47.2 Å². The summed E-state index contributed by atoms with van der Waals surface area (Å²) in [6.07, 6.45) is 5.94. The van der Waals surface area contributed by atoms with Gasteiger partial charge in [-0.3, -0.25) is 0 Å². The van der Waals surface area contributed by atoms with Crippen molar-refractivity contribution in [2.24, 2.45) is 54.1 Å². The van der Waals surface area contributed by atoms with Gasteiger partial charge >= 0.3 is 0 Å². The number of aromatic nitrogens is 6. The van der Waals surface area contributed by atoms with Crippen LogP contribution in [0.15, 0.2) is 256 Å². The molecule has 0 N–H and O–H groups in total. The van der Waals surface area contributed by atoms with Crippen LogP contribution in [0.1, 0.15) is 170 Å². The molecule has 0 amide bonds. The quantitative estimate of drug-likeness (QED) is 0.0969. The highest BCUT2D eigenvalue weighted by atomic mass is 14.9. The molecule has 6 aromatic carbocycles. The molecule has 0 aliphatic heterocycles. The number of rotatable bonds is 14. The number of benzene rings is 6. The Labute approximate surface area is 638 Å². The first-order valence-electron chi connectivity index (χ1n) is 43.1. The summed E-state index contributed by atoms with van der Waals surface area (Å²) in [6, 6.07) is 71.4. The molecule has 6 heterocycles. The topological polar surface area (TPSA) is 23.3 Å². The van der Waals surface area contributed by atoms with Crippen LogP contribution in [0.5, 0.6) is 0 Å². The van der Waals surface area contributed by atoms with E-state index in [-0.39, 0.29) is 11.8 Å². The zero-order valence-electron chi connectivity index (χ0n) is 80.1.